The van der Waals surface area contributed by atoms with Gasteiger partial charge in [0.05, 0.1) is 7.11 Å². The molecule has 1 fully saturated rings. The van der Waals surface area contributed by atoms with Crippen LogP contribution in [0.1, 0.15) is 12.8 Å². The Balaban J connectivity index is 1.58. The lowest BCUT2D eigenvalue weighted by molar-refractivity contribution is 0.415. The van der Waals surface area contributed by atoms with Crippen LogP contribution in [0.25, 0.3) is 0 Å². The molecule has 27 heavy (non-hydrogen) atoms. The van der Waals surface area contributed by atoms with E-state index < -0.39 is 0 Å². The average molecular weight is 363 g/mol. The first-order valence-corrected chi connectivity index (χ1v) is 8.74. The predicted octanol–water partition coefficient (Wildman–Crippen LogP) is 3.52. The molecule has 3 aromatic rings. The lowest BCUT2D eigenvalue weighted by Gasteiger charge is -2.11. The molecule has 0 amide bonds. The van der Waals surface area contributed by atoms with Gasteiger partial charge in [-0.15, -0.1) is 0 Å². The molecule has 0 unspecified atom stereocenters. The van der Waals surface area contributed by atoms with Crippen molar-refractivity contribution in [1.29, 1.82) is 0 Å². The van der Waals surface area contributed by atoms with Crippen LogP contribution in [0.4, 0.5) is 34.9 Å². The third-order valence-corrected chi connectivity index (χ3v) is 4.03. The van der Waals surface area contributed by atoms with E-state index in [1.807, 2.05) is 48.5 Å². The molecule has 1 aliphatic rings. The fourth-order valence-electron chi connectivity index (χ4n) is 2.51. The van der Waals surface area contributed by atoms with Crippen molar-refractivity contribution in [2.45, 2.75) is 18.9 Å². The molecule has 1 aliphatic carbocycles. The van der Waals surface area contributed by atoms with E-state index in [1.165, 1.54) is 0 Å². The molecule has 0 aliphatic heterocycles. The summed E-state index contributed by atoms with van der Waals surface area (Å²) in [7, 11) is 1.64. The van der Waals surface area contributed by atoms with Gasteiger partial charge in [-0.05, 0) is 55.3 Å². The highest BCUT2D eigenvalue weighted by molar-refractivity contribution is 5.62. The van der Waals surface area contributed by atoms with E-state index >= 15 is 0 Å². The Morgan fingerprint density at radius 3 is 2.19 bits per heavy atom. The van der Waals surface area contributed by atoms with E-state index in [1.54, 1.807) is 7.11 Å². The highest BCUT2D eigenvalue weighted by Gasteiger charge is 2.22. The van der Waals surface area contributed by atoms with Crippen LogP contribution >= 0.6 is 0 Å². The Morgan fingerprint density at radius 1 is 0.889 bits per heavy atom. The van der Waals surface area contributed by atoms with Gasteiger partial charge in [0.15, 0.2) is 0 Å². The summed E-state index contributed by atoms with van der Waals surface area (Å²) in [6, 6.07) is 15.4. The molecule has 1 saturated carbocycles. The molecule has 2 aromatic carbocycles. The molecule has 1 aromatic heterocycles. The number of ether oxygens (including phenoxy) is 1. The minimum Gasteiger partial charge on any atom is -0.497 e. The maximum absolute atomic E-state index is 5.84. The van der Waals surface area contributed by atoms with Crippen molar-refractivity contribution in [3.8, 4) is 5.75 Å². The lowest BCUT2D eigenvalue weighted by atomic mass is 10.3. The maximum atomic E-state index is 5.84. The lowest BCUT2D eigenvalue weighted by Crippen LogP contribution is -2.10. The third-order valence-electron chi connectivity index (χ3n) is 4.03. The van der Waals surface area contributed by atoms with Gasteiger partial charge in [0, 0.05) is 23.1 Å². The van der Waals surface area contributed by atoms with Crippen molar-refractivity contribution in [2.24, 2.45) is 0 Å². The normalized spacial score (nSPS) is 13.1. The number of nitrogens with one attached hydrogen (secondary N) is 3. The van der Waals surface area contributed by atoms with Gasteiger partial charge in [0.1, 0.15) is 5.75 Å². The Bertz CT molecular complexity index is 926. The summed E-state index contributed by atoms with van der Waals surface area (Å²) >= 11 is 0. The summed E-state index contributed by atoms with van der Waals surface area (Å²) in [5, 5.41) is 9.70. The van der Waals surface area contributed by atoms with Gasteiger partial charge in [0.2, 0.25) is 17.8 Å². The van der Waals surface area contributed by atoms with E-state index in [9.17, 15) is 0 Å². The zero-order valence-electron chi connectivity index (χ0n) is 14.9. The minimum atomic E-state index is 0.432. The number of hydrogen-bond acceptors (Lipinski definition) is 8. The number of nitrogen functional groups attached to an aromatic ring is 1. The standard InChI is InChI=1S/C19H21N7O/c1-27-16-9-7-14(8-10-16)22-18-24-17(21-13-5-6-13)25-19(26-18)23-15-4-2-3-12(20)11-15/h2-4,7-11,13H,5-6,20H2,1H3,(H3,21,22,23,24,25,26). The van der Waals surface area contributed by atoms with Crippen molar-refractivity contribution in [2.75, 3.05) is 28.8 Å². The van der Waals surface area contributed by atoms with Crippen molar-refractivity contribution in [3.63, 3.8) is 0 Å². The monoisotopic (exact) mass is 363 g/mol. The van der Waals surface area contributed by atoms with Crippen molar-refractivity contribution in [1.82, 2.24) is 15.0 Å². The van der Waals surface area contributed by atoms with Gasteiger partial charge in [-0.3, -0.25) is 0 Å². The van der Waals surface area contributed by atoms with E-state index in [0.29, 0.717) is 29.6 Å². The van der Waals surface area contributed by atoms with Crippen LogP contribution in [0.5, 0.6) is 5.75 Å². The Labute approximate surface area is 157 Å². The second-order valence-electron chi connectivity index (χ2n) is 6.33. The van der Waals surface area contributed by atoms with Crippen molar-refractivity contribution >= 4 is 34.9 Å². The maximum Gasteiger partial charge on any atom is 0.233 e. The largest absolute Gasteiger partial charge is 0.497 e. The van der Waals surface area contributed by atoms with Crippen molar-refractivity contribution in [3.05, 3.63) is 48.5 Å². The number of rotatable bonds is 7. The summed E-state index contributed by atoms with van der Waals surface area (Å²) in [6.45, 7) is 0. The van der Waals surface area contributed by atoms with Gasteiger partial charge < -0.3 is 26.4 Å². The zero-order chi connectivity index (χ0) is 18.6. The molecule has 0 bridgehead atoms. The van der Waals surface area contributed by atoms with Crippen LogP contribution in [-0.4, -0.2) is 28.1 Å². The summed E-state index contributed by atoms with van der Waals surface area (Å²) in [5.74, 6) is 2.21. The molecule has 0 saturated heterocycles. The average Bonchev–Trinajstić information content (AvgIpc) is 3.46. The first-order chi connectivity index (χ1) is 13.2. The van der Waals surface area contributed by atoms with Gasteiger partial charge in [-0.25, -0.2) is 0 Å². The molecule has 0 spiro atoms. The second-order valence-corrected chi connectivity index (χ2v) is 6.33. The Morgan fingerprint density at radius 2 is 1.56 bits per heavy atom. The SMILES string of the molecule is COc1ccc(Nc2nc(Nc3cccc(N)c3)nc(NC3CC3)n2)cc1. The molecule has 0 atom stereocenters. The summed E-state index contributed by atoms with van der Waals surface area (Å²) in [4.78, 5) is 13.4. The number of aromatic nitrogens is 3. The predicted molar refractivity (Wildman–Crippen MR) is 107 cm³/mol. The first kappa shape index (κ1) is 16.9. The zero-order valence-corrected chi connectivity index (χ0v) is 14.9. The van der Waals surface area contributed by atoms with Gasteiger partial charge in [-0.1, -0.05) is 6.07 Å². The highest BCUT2D eigenvalue weighted by atomic mass is 16.5. The molecular weight excluding hydrogens is 342 g/mol. The molecule has 8 heteroatoms. The molecule has 4 rings (SSSR count). The Kier molecular flexibility index (Phi) is 4.61. The molecule has 0 radical (unpaired) electrons. The van der Waals surface area contributed by atoms with E-state index in [4.69, 9.17) is 10.5 Å². The number of benzene rings is 2. The topological polar surface area (TPSA) is 110 Å². The van der Waals surface area contributed by atoms with E-state index in [2.05, 4.69) is 30.9 Å². The number of methoxy groups -OCH3 is 1. The summed E-state index contributed by atoms with van der Waals surface area (Å²) < 4.78 is 5.19. The summed E-state index contributed by atoms with van der Waals surface area (Å²) in [5.41, 5.74) is 8.18. The second kappa shape index (κ2) is 7.36. The van der Waals surface area contributed by atoms with Crippen LogP contribution in [0.2, 0.25) is 0 Å². The first-order valence-electron chi connectivity index (χ1n) is 8.74. The molecular formula is C19H21N7O. The van der Waals surface area contributed by atoms with Crippen molar-refractivity contribution < 1.29 is 4.74 Å². The number of anilines is 6. The Hall–Kier alpha value is -3.55. The number of hydrogen-bond donors (Lipinski definition) is 4. The van der Waals surface area contributed by atoms with Gasteiger partial charge in [0.25, 0.3) is 0 Å². The van der Waals surface area contributed by atoms with Crippen LogP contribution in [0.15, 0.2) is 48.5 Å². The van der Waals surface area contributed by atoms with Crippen LogP contribution in [0, 0.1) is 0 Å². The number of nitrogens with zero attached hydrogens (tertiary/aromatic N) is 3. The summed E-state index contributed by atoms with van der Waals surface area (Å²) in [6.07, 6.45) is 2.26. The third kappa shape index (κ3) is 4.55. The number of nitrogens with two attached hydrogens (primary N) is 1. The fourth-order valence-corrected chi connectivity index (χ4v) is 2.51. The van der Waals surface area contributed by atoms with E-state index in [0.717, 1.165) is 30.0 Å². The molecule has 138 valence electrons. The van der Waals surface area contributed by atoms with Crippen LogP contribution in [0.3, 0.4) is 0 Å². The van der Waals surface area contributed by atoms with Gasteiger partial charge in [-0.2, -0.15) is 15.0 Å². The minimum absolute atomic E-state index is 0.432. The highest BCUT2D eigenvalue weighted by Crippen LogP contribution is 2.25. The molecule has 1 heterocycles. The van der Waals surface area contributed by atoms with Crippen LogP contribution < -0.4 is 26.4 Å². The van der Waals surface area contributed by atoms with Gasteiger partial charge >= 0.3 is 0 Å². The molecule has 8 nitrogen and oxygen atoms in total. The molecule has 5 N–H and O–H groups in total. The smallest absolute Gasteiger partial charge is 0.233 e. The quantitative estimate of drug-likeness (QED) is 0.472. The van der Waals surface area contributed by atoms with E-state index in [-0.39, 0.29) is 0 Å². The van der Waals surface area contributed by atoms with Crippen LogP contribution in [-0.2, 0) is 0 Å². The fraction of sp³-hybridized carbons (Fsp3) is 0.211.